The number of halogens is 2. The van der Waals surface area contributed by atoms with Crippen molar-refractivity contribution in [2.75, 3.05) is 26.6 Å². The lowest BCUT2D eigenvalue weighted by Gasteiger charge is -2.28. The fraction of sp³-hybridized carbons (Fsp3) is 0.227. The van der Waals surface area contributed by atoms with Gasteiger partial charge in [0.1, 0.15) is 6.04 Å². The maximum Gasteiger partial charge on any atom is 0.248 e. The van der Waals surface area contributed by atoms with Crippen LogP contribution in [0, 0.1) is 0 Å². The molecule has 3 N–H and O–H groups in total. The number of nitrogens with one attached hydrogen (secondary N) is 1. The van der Waals surface area contributed by atoms with Crippen molar-refractivity contribution in [1.82, 2.24) is 14.8 Å². The van der Waals surface area contributed by atoms with Gasteiger partial charge in [-0.2, -0.15) is 4.98 Å². The highest BCUT2D eigenvalue weighted by Gasteiger charge is 2.35. The molecule has 1 aliphatic heterocycles. The predicted molar refractivity (Wildman–Crippen MR) is 125 cm³/mol. The van der Waals surface area contributed by atoms with Crippen molar-refractivity contribution in [3.05, 3.63) is 57.2 Å². The summed E-state index contributed by atoms with van der Waals surface area (Å²) in [4.78, 5) is 17.0. The van der Waals surface area contributed by atoms with Gasteiger partial charge in [0.2, 0.25) is 17.6 Å². The molecule has 2 heterocycles. The monoisotopic (exact) mass is 489 g/mol. The first kappa shape index (κ1) is 22.8. The number of nitrogens with zero attached hydrogens (tertiary/aromatic N) is 3. The summed E-state index contributed by atoms with van der Waals surface area (Å²) in [6.45, 7) is 1.74. The van der Waals surface area contributed by atoms with E-state index in [9.17, 15) is 4.79 Å². The number of nitrogens with two attached hydrogens (primary N) is 1. The molecule has 11 heteroatoms. The predicted octanol–water partition coefficient (Wildman–Crippen LogP) is 4.05. The average Bonchev–Trinajstić information content (AvgIpc) is 3.20. The van der Waals surface area contributed by atoms with Gasteiger partial charge in [0.15, 0.2) is 17.3 Å². The zero-order chi connectivity index (χ0) is 23.9. The number of hydrogen-bond acceptors (Lipinski definition) is 7. The minimum Gasteiger partial charge on any atom is -0.493 e. The third-order valence-corrected chi connectivity index (χ3v) is 5.86. The number of methoxy groups -OCH3 is 3. The van der Waals surface area contributed by atoms with Crippen LogP contribution in [0.3, 0.4) is 0 Å². The number of carbonyl (C=O) groups is 1. The molecule has 4 rings (SSSR count). The molecule has 0 aliphatic carbocycles. The van der Waals surface area contributed by atoms with Crippen molar-refractivity contribution >= 4 is 35.1 Å². The highest BCUT2D eigenvalue weighted by molar-refractivity contribution is 6.35. The van der Waals surface area contributed by atoms with Crippen molar-refractivity contribution < 1.29 is 19.0 Å². The van der Waals surface area contributed by atoms with Crippen LogP contribution in [0.4, 0.5) is 5.95 Å². The molecule has 0 spiro atoms. The second-order valence-electron chi connectivity index (χ2n) is 7.21. The molecule has 3 aromatic rings. The summed E-state index contributed by atoms with van der Waals surface area (Å²) >= 11 is 12.6. The number of ether oxygens (including phenoxy) is 3. The largest absolute Gasteiger partial charge is 0.493 e. The van der Waals surface area contributed by atoms with E-state index in [2.05, 4.69) is 15.4 Å². The lowest BCUT2D eigenvalue weighted by Crippen LogP contribution is -2.32. The molecule has 1 aliphatic rings. The average molecular weight is 490 g/mol. The van der Waals surface area contributed by atoms with E-state index in [0.717, 1.165) is 0 Å². The molecule has 1 aromatic heterocycles. The molecule has 2 aromatic carbocycles. The van der Waals surface area contributed by atoms with Gasteiger partial charge >= 0.3 is 0 Å². The van der Waals surface area contributed by atoms with Crippen molar-refractivity contribution in [2.24, 2.45) is 5.73 Å². The summed E-state index contributed by atoms with van der Waals surface area (Å²) in [5.41, 5.74) is 7.83. The highest BCUT2D eigenvalue weighted by Crippen LogP contribution is 2.43. The second-order valence-corrected chi connectivity index (χ2v) is 8.06. The maximum absolute atomic E-state index is 12.4. The topological polar surface area (TPSA) is 114 Å². The van der Waals surface area contributed by atoms with Crippen LogP contribution < -0.4 is 25.3 Å². The highest BCUT2D eigenvalue weighted by atomic mass is 35.5. The number of anilines is 1. The van der Waals surface area contributed by atoms with Gasteiger partial charge in [-0.1, -0.05) is 29.3 Å². The molecule has 0 saturated heterocycles. The van der Waals surface area contributed by atoms with E-state index in [1.807, 2.05) is 0 Å². The van der Waals surface area contributed by atoms with E-state index in [0.29, 0.717) is 61.5 Å². The first-order valence-corrected chi connectivity index (χ1v) is 10.5. The third-order valence-electron chi connectivity index (χ3n) is 5.30. The van der Waals surface area contributed by atoms with Gasteiger partial charge in [-0.15, -0.1) is 5.10 Å². The quantitative estimate of drug-likeness (QED) is 0.536. The molecular formula is C22H21Cl2N5O4. The maximum atomic E-state index is 12.4. The number of amides is 1. The third kappa shape index (κ3) is 3.94. The molecule has 1 atom stereocenters. The van der Waals surface area contributed by atoms with Gasteiger partial charge in [-0.3, -0.25) is 4.79 Å². The number of primary amides is 1. The smallest absolute Gasteiger partial charge is 0.248 e. The molecule has 0 saturated carbocycles. The fourth-order valence-corrected chi connectivity index (χ4v) is 4.33. The van der Waals surface area contributed by atoms with Crippen LogP contribution in [-0.4, -0.2) is 42.0 Å². The number of carbonyl (C=O) groups excluding carboxylic acids is 1. The van der Waals surface area contributed by atoms with Crippen LogP contribution in [0.1, 0.15) is 18.5 Å². The van der Waals surface area contributed by atoms with E-state index in [1.165, 1.54) is 21.3 Å². The lowest BCUT2D eigenvalue weighted by molar-refractivity contribution is -0.115. The van der Waals surface area contributed by atoms with Crippen LogP contribution in [-0.2, 0) is 4.79 Å². The van der Waals surface area contributed by atoms with E-state index < -0.39 is 11.9 Å². The zero-order valence-corrected chi connectivity index (χ0v) is 19.8. The van der Waals surface area contributed by atoms with Gasteiger partial charge in [0.05, 0.1) is 26.9 Å². The van der Waals surface area contributed by atoms with Crippen molar-refractivity contribution in [3.8, 4) is 28.6 Å². The molecule has 0 fully saturated rings. The minimum atomic E-state index is -0.702. The Morgan fingerprint density at radius 1 is 1.09 bits per heavy atom. The molecule has 172 valence electrons. The number of fused-ring (bicyclic) bond motifs is 1. The Morgan fingerprint density at radius 2 is 1.76 bits per heavy atom. The number of benzene rings is 2. The van der Waals surface area contributed by atoms with Crippen LogP contribution in [0.5, 0.6) is 17.2 Å². The number of hydrogen-bond donors (Lipinski definition) is 2. The Balaban J connectivity index is 1.91. The first-order chi connectivity index (χ1) is 15.8. The Morgan fingerprint density at radius 3 is 2.30 bits per heavy atom. The zero-order valence-electron chi connectivity index (χ0n) is 18.3. The number of rotatable bonds is 6. The fourth-order valence-electron chi connectivity index (χ4n) is 3.81. The van der Waals surface area contributed by atoms with Crippen LogP contribution in [0.25, 0.3) is 11.4 Å². The molecule has 0 radical (unpaired) electrons. The summed E-state index contributed by atoms with van der Waals surface area (Å²) < 4.78 is 17.8. The van der Waals surface area contributed by atoms with Gasteiger partial charge in [0, 0.05) is 26.9 Å². The van der Waals surface area contributed by atoms with E-state index >= 15 is 0 Å². The summed E-state index contributed by atoms with van der Waals surface area (Å²) in [5.74, 6) is 1.54. The molecule has 9 nitrogen and oxygen atoms in total. The van der Waals surface area contributed by atoms with Gasteiger partial charge in [0.25, 0.3) is 0 Å². The van der Waals surface area contributed by atoms with Crippen molar-refractivity contribution in [1.29, 1.82) is 0 Å². The van der Waals surface area contributed by atoms with Crippen molar-refractivity contribution in [3.63, 3.8) is 0 Å². The summed E-state index contributed by atoms with van der Waals surface area (Å²) in [6.07, 6.45) is 0. The Bertz CT molecular complexity index is 1260. The number of allylic oxidation sites excluding steroid dienone is 1. The van der Waals surface area contributed by atoms with E-state index in [4.69, 9.17) is 43.1 Å². The second kappa shape index (κ2) is 8.84. The SMILES string of the molecule is COc1cc(-c2nc3n(n2)C(c2ccc(Cl)cc2Cl)C(C(N)=O)=C(C)N3)cc(OC)c1OC. The van der Waals surface area contributed by atoms with Crippen molar-refractivity contribution in [2.45, 2.75) is 13.0 Å². The number of aromatic nitrogens is 3. The van der Waals surface area contributed by atoms with Gasteiger partial charge < -0.3 is 25.3 Å². The van der Waals surface area contributed by atoms with Crippen LogP contribution in [0.2, 0.25) is 10.0 Å². The van der Waals surface area contributed by atoms with Crippen LogP contribution >= 0.6 is 23.2 Å². The summed E-state index contributed by atoms with van der Waals surface area (Å²) in [7, 11) is 4.58. The summed E-state index contributed by atoms with van der Waals surface area (Å²) in [6, 6.07) is 7.80. The van der Waals surface area contributed by atoms with Gasteiger partial charge in [-0.25, -0.2) is 4.68 Å². The summed E-state index contributed by atoms with van der Waals surface area (Å²) in [5, 5.41) is 8.62. The van der Waals surface area contributed by atoms with Crippen LogP contribution in [0.15, 0.2) is 41.6 Å². The Hall–Kier alpha value is -3.43. The molecule has 33 heavy (non-hydrogen) atoms. The molecule has 1 unspecified atom stereocenters. The first-order valence-electron chi connectivity index (χ1n) is 9.78. The lowest BCUT2D eigenvalue weighted by atomic mass is 9.95. The Kier molecular flexibility index (Phi) is 6.09. The van der Waals surface area contributed by atoms with E-state index in [-0.39, 0.29) is 0 Å². The minimum absolute atomic E-state index is 0.313. The molecular weight excluding hydrogens is 469 g/mol. The molecule has 1 amide bonds. The van der Waals surface area contributed by atoms with Gasteiger partial charge in [-0.05, 0) is 31.2 Å². The standard InChI is InChI=1S/C22H21Cl2N5O4/c1-10-17(20(25)30)18(13-6-5-12(23)9-14(13)24)29-22(26-10)27-21(28-29)11-7-15(31-2)19(33-4)16(8-11)32-3/h5-9,18H,1-4H3,(H2,25,30)(H,26,27,28). The molecule has 0 bridgehead atoms. The van der Waals surface area contributed by atoms with E-state index in [1.54, 1.807) is 41.9 Å². The Labute approximate surface area is 200 Å². The normalized spacial score (nSPS) is 15.0.